The molecular formula is C13H9ClF2N2S. The molecule has 3 N–H and O–H groups in total. The second-order valence-electron chi connectivity index (χ2n) is 3.80. The highest BCUT2D eigenvalue weighted by Crippen LogP contribution is 2.28. The number of halogens is 3. The highest BCUT2D eigenvalue weighted by molar-refractivity contribution is 7.80. The number of nitrogens with one attached hydrogen (secondary N) is 1. The lowest BCUT2D eigenvalue weighted by atomic mass is 10.1. The fourth-order valence-electron chi connectivity index (χ4n) is 1.57. The molecule has 2 rings (SSSR count). The Kier molecular flexibility index (Phi) is 3.97. The summed E-state index contributed by atoms with van der Waals surface area (Å²) in [5.41, 5.74) is 6.66. The Hall–Kier alpha value is -1.72. The molecule has 0 saturated heterocycles. The van der Waals surface area contributed by atoms with Crippen LogP contribution in [0.15, 0.2) is 36.4 Å². The van der Waals surface area contributed by atoms with E-state index in [1.807, 2.05) is 0 Å². The molecule has 0 aromatic heterocycles. The predicted octanol–water partition coefficient (Wildman–Crippen LogP) is 4.00. The molecule has 0 aliphatic heterocycles. The van der Waals surface area contributed by atoms with Crippen LogP contribution in [-0.2, 0) is 0 Å². The third-order valence-corrected chi connectivity index (χ3v) is 2.99. The predicted molar refractivity (Wildman–Crippen MR) is 77.0 cm³/mol. The van der Waals surface area contributed by atoms with Crippen LogP contribution in [0.2, 0.25) is 5.02 Å². The van der Waals surface area contributed by atoms with Crippen LogP contribution in [0.1, 0.15) is 5.56 Å². The first kappa shape index (κ1) is 13.7. The molecule has 98 valence electrons. The van der Waals surface area contributed by atoms with Crippen LogP contribution in [0.3, 0.4) is 0 Å². The molecule has 0 aliphatic rings. The van der Waals surface area contributed by atoms with Crippen LogP contribution in [0.4, 0.5) is 20.2 Å². The smallest absolute Gasteiger partial charge is 0.125 e. The molecule has 0 bridgehead atoms. The van der Waals surface area contributed by atoms with Gasteiger partial charge in [0, 0.05) is 11.3 Å². The molecule has 0 atom stereocenters. The van der Waals surface area contributed by atoms with Crippen LogP contribution in [-0.4, -0.2) is 4.99 Å². The fraction of sp³-hybridized carbons (Fsp3) is 0. The Morgan fingerprint density at radius 2 is 1.68 bits per heavy atom. The van der Waals surface area contributed by atoms with Crippen molar-refractivity contribution in [2.24, 2.45) is 5.73 Å². The first-order valence-electron chi connectivity index (χ1n) is 5.29. The van der Waals surface area contributed by atoms with Crippen molar-refractivity contribution in [3.63, 3.8) is 0 Å². The monoisotopic (exact) mass is 298 g/mol. The Balaban J connectivity index is 2.43. The molecule has 0 saturated carbocycles. The molecule has 19 heavy (non-hydrogen) atoms. The summed E-state index contributed by atoms with van der Waals surface area (Å²) in [5, 5.41) is 3.22. The lowest BCUT2D eigenvalue weighted by Crippen LogP contribution is -2.12. The van der Waals surface area contributed by atoms with Gasteiger partial charge in [0.05, 0.1) is 10.7 Å². The van der Waals surface area contributed by atoms with Crippen LogP contribution >= 0.6 is 23.8 Å². The van der Waals surface area contributed by atoms with Crippen LogP contribution in [0.5, 0.6) is 0 Å². The van der Waals surface area contributed by atoms with Gasteiger partial charge in [-0.2, -0.15) is 0 Å². The van der Waals surface area contributed by atoms with Crippen molar-refractivity contribution in [2.45, 2.75) is 0 Å². The largest absolute Gasteiger partial charge is 0.389 e. The SMILES string of the molecule is NC(=S)c1cc(F)ccc1Nc1cc(F)ccc1Cl. The summed E-state index contributed by atoms with van der Waals surface area (Å²) in [4.78, 5) is 0.0366. The van der Waals surface area contributed by atoms with Crippen LogP contribution in [0, 0.1) is 11.6 Å². The van der Waals surface area contributed by atoms with Crippen molar-refractivity contribution in [2.75, 3.05) is 5.32 Å². The Labute approximate surface area is 119 Å². The number of hydrogen-bond donors (Lipinski definition) is 2. The third-order valence-electron chi connectivity index (χ3n) is 2.44. The Morgan fingerprint density at radius 1 is 1.05 bits per heavy atom. The first-order valence-corrected chi connectivity index (χ1v) is 6.07. The van der Waals surface area contributed by atoms with Crippen molar-refractivity contribution < 1.29 is 8.78 Å². The molecule has 0 amide bonds. The van der Waals surface area contributed by atoms with E-state index in [2.05, 4.69) is 5.32 Å². The summed E-state index contributed by atoms with van der Waals surface area (Å²) in [6.07, 6.45) is 0. The van der Waals surface area contributed by atoms with Gasteiger partial charge in [0.2, 0.25) is 0 Å². The zero-order valence-corrected chi connectivity index (χ0v) is 11.2. The van der Waals surface area contributed by atoms with Gasteiger partial charge in [-0.05, 0) is 36.4 Å². The van der Waals surface area contributed by atoms with Crippen LogP contribution < -0.4 is 11.1 Å². The second-order valence-corrected chi connectivity index (χ2v) is 4.65. The maximum atomic E-state index is 13.2. The maximum absolute atomic E-state index is 13.2. The fourth-order valence-corrected chi connectivity index (χ4v) is 1.90. The molecule has 2 aromatic rings. The van der Waals surface area contributed by atoms with Gasteiger partial charge in [0.25, 0.3) is 0 Å². The minimum absolute atomic E-state index is 0.0366. The molecule has 0 fully saturated rings. The molecule has 6 heteroatoms. The van der Waals surface area contributed by atoms with E-state index in [1.54, 1.807) is 0 Å². The van der Waals surface area contributed by atoms with Crippen molar-refractivity contribution >= 4 is 40.2 Å². The van der Waals surface area contributed by atoms with Crippen molar-refractivity contribution in [1.29, 1.82) is 0 Å². The number of anilines is 2. The summed E-state index contributed by atoms with van der Waals surface area (Å²) in [6, 6.07) is 7.81. The maximum Gasteiger partial charge on any atom is 0.125 e. The summed E-state index contributed by atoms with van der Waals surface area (Å²) in [6.45, 7) is 0. The van der Waals surface area contributed by atoms with Gasteiger partial charge in [0.15, 0.2) is 0 Å². The van der Waals surface area contributed by atoms with Gasteiger partial charge in [-0.3, -0.25) is 0 Å². The zero-order valence-electron chi connectivity index (χ0n) is 9.58. The highest BCUT2D eigenvalue weighted by Gasteiger charge is 2.09. The lowest BCUT2D eigenvalue weighted by molar-refractivity contribution is 0.627. The summed E-state index contributed by atoms with van der Waals surface area (Å²) in [5.74, 6) is -0.899. The van der Waals surface area contributed by atoms with Gasteiger partial charge in [-0.1, -0.05) is 23.8 Å². The summed E-state index contributed by atoms with van der Waals surface area (Å²) in [7, 11) is 0. The molecule has 2 aromatic carbocycles. The van der Waals surface area contributed by atoms with Crippen LogP contribution in [0.25, 0.3) is 0 Å². The van der Waals surface area contributed by atoms with Gasteiger partial charge in [-0.15, -0.1) is 0 Å². The van der Waals surface area contributed by atoms with Crippen molar-refractivity contribution in [1.82, 2.24) is 0 Å². The average Bonchev–Trinajstić information content (AvgIpc) is 2.35. The minimum atomic E-state index is -0.460. The van der Waals surface area contributed by atoms with E-state index >= 15 is 0 Å². The molecule has 0 heterocycles. The minimum Gasteiger partial charge on any atom is -0.389 e. The summed E-state index contributed by atoms with van der Waals surface area (Å²) < 4.78 is 26.3. The van der Waals surface area contributed by atoms with Crippen molar-refractivity contribution in [3.05, 3.63) is 58.6 Å². The molecule has 0 unspecified atom stereocenters. The Bertz CT molecular complexity index is 647. The van der Waals surface area contributed by atoms with E-state index in [0.29, 0.717) is 22.0 Å². The standard InChI is InChI=1S/C13H9ClF2N2S/c14-10-3-1-8(16)6-12(10)18-11-4-2-7(15)5-9(11)13(17)19/h1-6,18H,(H2,17,19). The van der Waals surface area contributed by atoms with E-state index < -0.39 is 11.6 Å². The Morgan fingerprint density at radius 3 is 2.37 bits per heavy atom. The highest BCUT2D eigenvalue weighted by atomic mass is 35.5. The average molecular weight is 299 g/mol. The lowest BCUT2D eigenvalue weighted by Gasteiger charge is -2.12. The first-order chi connectivity index (χ1) is 8.97. The van der Waals surface area contributed by atoms with E-state index in [9.17, 15) is 8.78 Å². The van der Waals surface area contributed by atoms with E-state index in [-0.39, 0.29) is 4.99 Å². The quantitative estimate of drug-likeness (QED) is 0.841. The number of thiocarbonyl (C=S) groups is 1. The van der Waals surface area contributed by atoms with E-state index in [0.717, 1.165) is 0 Å². The van der Waals surface area contributed by atoms with Gasteiger partial charge >= 0.3 is 0 Å². The van der Waals surface area contributed by atoms with E-state index in [1.165, 1.54) is 36.4 Å². The number of rotatable bonds is 3. The number of hydrogen-bond acceptors (Lipinski definition) is 2. The molecule has 0 spiro atoms. The zero-order chi connectivity index (χ0) is 14.0. The topological polar surface area (TPSA) is 38.0 Å². The molecule has 2 nitrogen and oxygen atoms in total. The number of nitrogens with two attached hydrogens (primary N) is 1. The van der Waals surface area contributed by atoms with Gasteiger partial charge in [0.1, 0.15) is 16.6 Å². The van der Waals surface area contributed by atoms with Gasteiger partial charge < -0.3 is 11.1 Å². The van der Waals surface area contributed by atoms with E-state index in [4.69, 9.17) is 29.6 Å². The van der Waals surface area contributed by atoms with Gasteiger partial charge in [-0.25, -0.2) is 8.78 Å². The molecule has 0 aliphatic carbocycles. The normalized spacial score (nSPS) is 10.3. The molecule has 0 radical (unpaired) electrons. The third kappa shape index (κ3) is 3.19. The second kappa shape index (κ2) is 5.50. The van der Waals surface area contributed by atoms with Crippen molar-refractivity contribution in [3.8, 4) is 0 Å². The number of benzene rings is 2. The summed E-state index contributed by atoms with van der Waals surface area (Å²) >= 11 is 10.8. The molecular weight excluding hydrogens is 290 g/mol.